The van der Waals surface area contributed by atoms with E-state index < -0.39 is 6.10 Å². The Balaban J connectivity index is 2.23. The Kier molecular flexibility index (Phi) is 4.85. The molecule has 2 aromatic rings. The van der Waals surface area contributed by atoms with Crippen LogP contribution >= 0.6 is 27.3 Å². The molecule has 2 rings (SSSR count). The first-order valence-electron chi connectivity index (χ1n) is 5.77. The van der Waals surface area contributed by atoms with E-state index in [2.05, 4.69) is 15.9 Å². The molecule has 5 heteroatoms. The van der Waals surface area contributed by atoms with Crippen LogP contribution in [0.3, 0.4) is 0 Å². The molecule has 1 atom stereocenters. The van der Waals surface area contributed by atoms with E-state index in [9.17, 15) is 5.11 Å². The second-order valence-electron chi connectivity index (χ2n) is 4.06. The van der Waals surface area contributed by atoms with Gasteiger partial charge in [-0.2, -0.15) is 0 Å². The second-order valence-corrected chi connectivity index (χ2v) is 5.91. The first-order valence-corrected chi connectivity index (χ1v) is 7.44. The minimum atomic E-state index is -0.584. The summed E-state index contributed by atoms with van der Waals surface area (Å²) in [5, 5.41) is 12.3. The fraction of sp³-hybridized carbons (Fsp3) is 0.286. The predicted molar refractivity (Wildman–Crippen MR) is 80.2 cm³/mol. The van der Waals surface area contributed by atoms with Crippen molar-refractivity contribution in [2.45, 2.75) is 12.5 Å². The van der Waals surface area contributed by atoms with E-state index in [1.54, 1.807) is 31.6 Å². The van der Waals surface area contributed by atoms with Gasteiger partial charge in [0.1, 0.15) is 11.5 Å². The number of thiophene rings is 1. The molecule has 1 heterocycles. The summed E-state index contributed by atoms with van der Waals surface area (Å²) in [5.74, 6) is 1.36. The monoisotopic (exact) mass is 342 g/mol. The van der Waals surface area contributed by atoms with Crippen LogP contribution < -0.4 is 9.47 Å². The highest BCUT2D eigenvalue weighted by Crippen LogP contribution is 2.31. The van der Waals surface area contributed by atoms with Crippen LogP contribution in [0.2, 0.25) is 0 Å². The normalized spacial score (nSPS) is 12.2. The number of ether oxygens (including phenoxy) is 2. The first kappa shape index (κ1) is 14.4. The van der Waals surface area contributed by atoms with Crippen LogP contribution in [-0.2, 0) is 6.42 Å². The zero-order valence-corrected chi connectivity index (χ0v) is 13.1. The van der Waals surface area contributed by atoms with Gasteiger partial charge in [0.05, 0.1) is 20.3 Å². The van der Waals surface area contributed by atoms with Gasteiger partial charge >= 0.3 is 0 Å². The lowest BCUT2D eigenvalue weighted by atomic mass is 10.1. The van der Waals surface area contributed by atoms with E-state index in [-0.39, 0.29) is 0 Å². The molecular weight excluding hydrogens is 328 g/mol. The first-order chi connectivity index (χ1) is 9.13. The molecule has 0 spiro atoms. The van der Waals surface area contributed by atoms with Gasteiger partial charge in [0.25, 0.3) is 0 Å². The summed E-state index contributed by atoms with van der Waals surface area (Å²) in [7, 11) is 3.20. The van der Waals surface area contributed by atoms with Crippen molar-refractivity contribution in [1.29, 1.82) is 0 Å². The molecule has 1 aromatic carbocycles. The van der Waals surface area contributed by atoms with Crippen molar-refractivity contribution in [3.63, 3.8) is 0 Å². The summed E-state index contributed by atoms with van der Waals surface area (Å²) in [4.78, 5) is 1.12. The second kappa shape index (κ2) is 6.41. The number of hydrogen-bond acceptors (Lipinski definition) is 4. The minimum absolute atomic E-state index is 0.564. The Morgan fingerprint density at radius 2 is 1.84 bits per heavy atom. The van der Waals surface area contributed by atoms with Gasteiger partial charge in [-0.1, -0.05) is 0 Å². The molecule has 3 nitrogen and oxygen atoms in total. The highest BCUT2D eigenvalue weighted by Gasteiger charge is 2.14. The molecule has 0 amide bonds. The highest BCUT2D eigenvalue weighted by atomic mass is 79.9. The van der Waals surface area contributed by atoms with Crippen molar-refractivity contribution in [2.24, 2.45) is 0 Å². The lowest BCUT2D eigenvalue weighted by Gasteiger charge is -2.13. The third kappa shape index (κ3) is 3.49. The van der Waals surface area contributed by atoms with Gasteiger partial charge in [0.15, 0.2) is 0 Å². The van der Waals surface area contributed by atoms with Gasteiger partial charge in [0.2, 0.25) is 0 Å². The average Bonchev–Trinajstić information content (AvgIpc) is 2.83. The summed E-state index contributed by atoms with van der Waals surface area (Å²) in [5.41, 5.74) is 0.788. The number of halogens is 1. The van der Waals surface area contributed by atoms with Gasteiger partial charge in [0, 0.05) is 21.8 Å². The number of aliphatic hydroxyl groups excluding tert-OH is 1. The molecule has 0 bridgehead atoms. The molecule has 1 aromatic heterocycles. The maximum atomic E-state index is 10.3. The molecule has 19 heavy (non-hydrogen) atoms. The molecule has 0 aliphatic heterocycles. The number of rotatable bonds is 5. The van der Waals surface area contributed by atoms with Crippen LogP contribution in [-0.4, -0.2) is 19.3 Å². The van der Waals surface area contributed by atoms with Crippen LogP contribution in [0, 0.1) is 0 Å². The van der Waals surface area contributed by atoms with Crippen LogP contribution in [0.4, 0.5) is 0 Å². The maximum Gasteiger partial charge on any atom is 0.122 e. The van der Waals surface area contributed by atoms with Crippen LogP contribution in [0.5, 0.6) is 11.5 Å². The summed E-state index contributed by atoms with van der Waals surface area (Å²) >= 11 is 5.10. The standard InChI is InChI=1S/C14H15BrO3S/c1-17-10-5-9(6-11(7-10)18-2)13(16)8-14-12(15)3-4-19-14/h3-7,13,16H,8H2,1-2H3. The summed E-state index contributed by atoms with van der Waals surface area (Å²) in [6.45, 7) is 0. The molecule has 1 unspecified atom stereocenters. The quantitative estimate of drug-likeness (QED) is 0.897. The van der Waals surface area contributed by atoms with Crippen LogP contribution in [0.25, 0.3) is 0 Å². The molecule has 0 aliphatic carbocycles. The molecule has 0 saturated heterocycles. The van der Waals surface area contributed by atoms with E-state index in [1.165, 1.54) is 0 Å². The van der Waals surface area contributed by atoms with Crippen molar-refractivity contribution in [3.8, 4) is 11.5 Å². The van der Waals surface area contributed by atoms with E-state index in [1.807, 2.05) is 23.6 Å². The smallest absolute Gasteiger partial charge is 0.122 e. The summed E-state index contributed by atoms with van der Waals surface area (Å²) in [6, 6.07) is 7.43. The number of hydrogen-bond donors (Lipinski definition) is 1. The fourth-order valence-electron chi connectivity index (χ4n) is 1.79. The molecule has 0 fully saturated rings. The van der Waals surface area contributed by atoms with Crippen molar-refractivity contribution >= 4 is 27.3 Å². The van der Waals surface area contributed by atoms with Crippen LogP contribution in [0.1, 0.15) is 16.5 Å². The summed E-state index contributed by atoms with van der Waals surface area (Å²) < 4.78 is 11.5. The van der Waals surface area contributed by atoms with Crippen molar-refractivity contribution < 1.29 is 14.6 Å². The molecule has 0 saturated carbocycles. The Bertz CT molecular complexity index is 531. The Labute approximate surface area is 124 Å². The van der Waals surface area contributed by atoms with Crippen molar-refractivity contribution in [2.75, 3.05) is 14.2 Å². The molecule has 0 aliphatic rings. The third-order valence-corrected chi connectivity index (χ3v) is 4.78. The van der Waals surface area contributed by atoms with E-state index >= 15 is 0 Å². The summed E-state index contributed by atoms with van der Waals surface area (Å²) in [6.07, 6.45) is -0.0202. The van der Waals surface area contributed by atoms with Gasteiger partial charge in [-0.05, 0) is 45.1 Å². The maximum absolute atomic E-state index is 10.3. The van der Waals surface area contributed by atoms with E-state index in [0.29, 0.717) is 17.9 Å². The number of benzene rings is 1. The van der Waals surface area contributed by atoms with Crippen molar-refractivity contribution in [3.05, 3.63) is 44.6 Å². The topological polar surface area (TPSA) is 38.7 Å². The lowest BCUT2D eigenvalue weighted by molar-refractivity contribution is 0.178. The molecule has 1 N–H and O–H groups in total. The van der Waals surface area contributed by atoms with Crippen molar-refractivity contribution in [1.82, 2.24) is 0 Å². The van der Waals surface area contributed by atoms with E-state index in [0.717, 1.165) is 14.9 Å². The Morgan fingerprint density at radius 3 is 2.32 bits per heavy atom. The fourth-order valence-corrected chi connectivity index (χ4v) is 3.34. The van der Waals surface area contributed by atoms with Gasteiger partial charge in [-0.25, -0.2) is 0 Å². The minimum Gasteiger partial charge on any atom is -0.497 e. The molecular formula is C14H15BrO3S. The lowest BCUT2D eigenvalue weighted by Crippen LogP contribution is -2.02. The predicted octanol–water partition coefficient (Wildman–Crippen LogP) is 3.80. The number of methoxy groups -OCH3 is 2. The Hall–Kier alpha value is -1.04. The highest BCUT2D eigenvalue weighted by molar-refractivity contribution is 9.10. The molecule has 0 radical (unpaired) electrons. The third-order valence-electron chi connectivity index (χ3n) is 2.83. The Morgan fingerprint density at radius 1 is 1.21 bits per heavy atom. The van der Waals surface area contributed by atoms with Gasteiger partial charge in [-0.15, -0.1) is 11.3 Å². The average molecular weight is 343 g/mol. The van der Waals surface area contributed by atoms with Gasteiger partial charge < -0.3 is 14.6 Å². The SMILES string of the molecule is COc1cc(OC)cc(C(O)Cc2sccc2Br)c1. The molecule has 102 valence electrons. The van der Waals surface area contributed by atoms with E-state index in [4.69, 9.17) is 9.47 Å². The zero-order chi connectivity index (χ0) is 13.8. The number of aliphatic hydroxyl groups is 1. The van der Waals surface area contributed by atoms with Gasteiger partial charge in [-0.3, -0.25) is 0 Å². The largest absolute Gasteiger partial charge is 0.497 e. The van der Waals surface area contributed by atoms with Crippen LogP contribution in [0.15, 0.2) is 34.1 Å². The zero-order valence-electron chi connectivity index (χ0n) is 10.7.